The molecule has 2 aromatic heterocycles. The maximum atomic E-state index is 13.3. The van der Waals surface area contributed by atoms with Gasteiger partial charge < -0.3 is 10.0 Å². The van der Waals surface area contributed by atoms with E-state index < -0.39 is 5.97 Å². The van der Waals surface area contributed by atoms with E-state index in [9.17, 15) is 9.18 Å². The Hall–Kier alpha value is -3.09. The van der Waals surface area contributed by atoms with Crippen LogP contribution >= 0.6 is 0 Å². The number of rotatable bonds is 4. The number of pyridine rings is 1. The summed E-state index contributed by atoms with van der Waals surface area (Å²) in [6.45, 7) is 4.00. The number of anilines is 1. The van der Waals surface area contributed by atoms with Gasteiger partial charge in [-0.15, -0.1) is 0 Å². The normalized spacial score (nSPS) is 11.1. The minimum Gasteiger partial charge on any atom is -0.477 e. The third kappa shape index (κ3) is 3.26. The first-order valence-corrected chi connectivity index (χ1v) is 7.77. The average Bonchev–Trinajstić information content (AvgIpc) is 2.60. The van der Waals surface area contributed by atoms with Crippen LogP contribution in [0.15, 0.2) is 36.4 Å². The number of carboxylic acid groups (broad SMARTS) is 1. The second-order valence-electron chi connectivity index (χ2n) is 5.95. The average molecular weight is 340 g/mol. The van der Waals surface area contributed by atoms with E-state index in [1.54, 1.807) is 18.2 Å². The van der Waals surface area contributed by atoms with Gasteiger partial charge in [0.25, 0.3) is 0 Å². The van der Waals surface area contributed by atoms with E-state index in [2.05, 4.69) is 15.0 Å². The maximum absolute atomic E-state index is 13.3. The third-order valence-electron chi connectivity index (χ3n) is 3.96. The Bertz CT molecular complexity index is 942. The predicted octanol–water partition coefficient (Wildman–Crippen LogP) is 3.37. The fraction of sp³-hybridized carbons (Fsp3) is 0.222. The van der Waals surface area contributed by atoms with Gasteiger partial charge in [-0.2, -0.15) is 0 Å². The summed E-state index contributed by atoms with van der Waals surface area (Å²) >= 11 is 0. The monoisotopic (exact) mass is 340 g/mol. The Balaban J connectivity index is 2.26. The van der Waals surface area contributed by atoms with Crippen molar-refractivity contribution in [3.05, 3.63) is 47.9 Å². The Kier molecular flexibility index (Phi) is 4.31. The number of halogens is 1. The van der Waals surface area contributed by atoms with Gasteiger partial charge in [-0.1, -0.05) is 0 Å². The lowest BCUT2D eigenvalue weighted by atomic mass is 10.1. The van der Waals surface area contributed by atoms with Gasteiger partial charge in [-0.25, -0.2) is 24.1 Å². The number of nitrogens with zero attached hydrogens (tertiary/aromatic N) is 4. The minimum absolute atomic E-state index is 0.0884. The zero-order chi connectivity index (χ0) is 18.1. The first-order valence-electron chi connectivity index (χ1n) is 7.77. The van der Waals surface area contributed by atoms with Crippen molar-refractivity contribution in [1.29, 1.82) is 0 Å². The van der Waals surface area contributed by atoms with E-state index in [4.69, 9.17) is 5.11 Å². The second kappa shape index (κ2) is 6.43. The van der Waals surface area contributed by atoms with E-state index in [1.807, 2.05) is 25.8 Å². The lowest BCUT2D eigenvalue weighted by Crippen LogP contribution is -2.27. The molecule has 0 saturated heterocycles. The molecule has 0 fully saturated rings. The van der Waals surface area contributed by atoms with Gasteiger partial charge in [0, 0.05) is 18.7 Å². The summed E-state index contributed by atoms with van der Waals surface area (Å²) in [6, 6.07) is 9.11. The minimum atomic E-state index is -1.12. The van der Waals surface area contributed by atoms with E-state index in [0.717, 1.165) is 5.56 Å². The summed E-state index contributed by atoms with van der Waals surface area (Å²) in [7, 11) is 1.87. The van der Waals surface area contributed by atoms with Crippen LogP contribution in [-0.2, 0) is 0 Å². The molecule has 0 amide bonds. The van der Waals surface area contributed by atoms with Crippen molar-refractivity contribution < 1.29 is 14.3 Å². The van der Waals surface area contributed by atoms with Crippen molar-refractivity contribution in [1.82, 2.24) is 15.0 Å². The number of benzene rings is 1. The lowest BCUT2D eigenvalue weighted by molar-refractivity contribution is 0.0691. The highest BCUT2D eigenvalue weighted by atomic mass is 19.1. The standard InChI is InChI=1S/C18H17FN4O2/c1-10(2)23(3)17-15(11-4-6-12(19)7-5-11)20-13-8-9-14(18(24)25)21-16(13)22-17/h4-10H,1-3H3,(H,24,25). The van der Waals surface area contributed by atoms with Crippen molar-refractivity contribution in [2.75, 3.05) is 11.9 Å². The van der Waals surface area contributed by atoms with E-state index in [0.29, 0.717) is 17.0 Å². The van der Waals surface area contributed by atoms with Crippen LogP contribution in [0.4, 0.5) is 10.2 Å². The van der Waals surface area contributed by atoms with Gasteiger partial charge in [0.1, 0.15) is 17.0 Å². The Morgan fingerprint density at radius 3 is 2.36 bits per heavy atom. The number of hydrogen-bond donors (Lipinski definition) is 1. The number of carbonyl (C=O) groups is 1. The third-order valence-corrected chi connectivity index (χ3v) is 3.96. The maximum Gasteiger partial charge on any atom is 0.354 e. The highest BCUT2D eigenvalue weighted by Crippen LogP contribution is 2.29. The molecule has 0 aliphatic carbocycles. The fourth-order valence-electron chi connectivity index (χ4n) is 2.35. The van der Waals surface area contributed by atoms with Gasteiger partial charge in [0.05, 0.1) is 0 Å². The van der Waals surface area contributed by atoms with Crippen molar-refractivity contribution in [3.63, 3.8) is 0 Å². The van der Waals surface area contributed by atoms with Crippen LogP contribution in [0.5, 0.6) is 0 Å². The van der Waals surface area contributed by atoms with Crippen LogP contribution in [0.25, 0.3) is 22.4 Å². The number of hydrogen-bond acceptors (Lipinski definition) is 5. The molecule has 0 aliphatic rings. The van der Waals surface area contributed by atoms with E-state index in [1.165, 1.54) is 18.2 Å². The molecule has 0 radical (unpaired) electrons. The summed E-state index contributed by atoms with van der Waals surface area (Å²) in [5, 5.41) is 9.11. The zero-order valence-electron chi connectivity index (χ0n) is 14.1. The smallest absolute Gasteiger partial charge is 0.354 e. The van der Waals surface area contributed by atoms with Crippen molar-refractivity contribution >= 4 is 23.0 Å². The summed E-state index contributed by atoms with van der Waals surface area (Å²) in [5.41, 5.74) is 1.96. The summed E-state index contributed by atoms with van der Waals surface area (Å²) in [6.07, 6.45) is 0. The molecule has 3 rings (SSSR count). The van der Waals surface area contributed by atoms with Gasteiger partial charge >= 0.3 is 5.97 Å². The molecule has 0 spiro atoms. The zero-order valence-corrected chi connectivity index (χ0v) is 14.1. The van der Waals surface area contributed by atoms with Crippen LogP contribution < -0.4 is 4.90 Å². The van der Waals surface area contributed by atoms with Crippen LogP contribution in [0, 0.1) is 5.82 Å². The number of aromatic carboxylic acids is 1. The van der Waals surface area contributed by atoms with Crippen molar-refractivity contribution in [2.24, 2.45) is 0 Å². The van der Waals surface area contributed by atoms with Gasteiger partial charge in [-0.3, -0.25) is 0 Å². The molecular formula is C18H17FN4O2. The number of fused-ring (bicyclic) bond motifs is 1. The quantitative estimate of drug-likeness (QED) is 0.784. The molecule has 0 unspecified atom stereocenters. The summed E-state index contributed by atoms with van der Waals surface area (Å²) in [5.74, 6) is -0.891. The van der Waals surface area contributed by atoms with Gasteiger partial charge in [0.15, 0.2) is 17.2 Å². The topological polar surface area (TPSA) is 79.2 Å². The van der Waals surface area contributed by atoms with E-state index >= 15 is 0 Å². The van der Waals surface area contributed by atoms with Crippen LogP contribution in [0.3, 0.4) is 0 Å². The highest BCUT2D eigenvalue weighted by molar-refractivity contribution is 5.89. The molecule has 2 heterocycles. The molecule has 25 heavy (non-hydrogen) atoms. The molecule has 0 atom stereocenters. The second-order valence-corrected chi connectivity index (χ2v) is 5.95. The molecule has 0 saturated carbocycles. The summed E-state index contributed by atoms with van der Waals surface area (Å²) < 4.78 is 13.3. The van der Waals surface area contributed by atoms with Crippen LogP contribution in [0.1, 0.15) is 24.3 Å². The Labute approximate surface area is 144 Å². The first kappa shape index (κ1) is 16.8. The molecular weight excluding hydrogens is 323 g/mol. The van der Waals surface area contributed by atoms with Crippen molar-refractivity contribution in [2.45, 2.75) is 19.9 Å². The van der Waals surface area contributed by atoms with Gasteiger partial charge in [-0.05, 0) is 50.2 Å². The van der Waals surface area contributed by atoms with Gasteiger partial charge in [0.2, 0.25) is 0 Å². The largest absolute Gasteiger partial charge is 0.477 e. The SMILES string of the molecule is CC(C)N(C)c1nc2nc(C(=O)O)ccc2nc1-c1ccc(F)cc1. The number of carboxylic acids is 1. The van der Waals surface area contributed by atoms with E-state index in [-0.39, 0.29) is 23.2 Å². The molecule has 128 valence electrons. The molecule has 7 heteroatoms. The first-order chi connectivity index (χ1) is 11.9. The number of aromatic nitrogens is 3. The molecule has 1 N–H and O–H groups in total. The summed E-state index contributed by atoms with van der Waals surface area (Å²) in [4.78, 5) is 26.2. The van der Waals surface area contributed by atoms with Crippen LogP contribution in [-0.4, -0.2) is 39.1 Å². The fourth-order valence-corrected chi connectivity index (χ4v) is 2.35. The molecule has 6 nitrogen and oxygen atoms in total. The molecule has 0 bridgehead atoms. The Morgan fingerprint density at radius 2 is 1.76 bits per heavy atom. The Morgan fingerprint density at radius 1 is 1.08 bits per heavy atom. The molecule has 1 aromatic carbocycles. The lowest BCUT2D eigenvalue weighted by Gasteiger charge is -2.24. The highest BCUT2D eigenvalue weighted by Gasteiger charge is 2.18. The molecule has 3 aromatic rings. The molecule has 0 aliphatic heterocycles. The van der Waals surface area contributed by atoms with Crippen LogP contribution in [0.2, 0.25) is 0 Å². The van der Waals surface area contributed by atoms with Crippen molar-refractivity contribution in [3.8, 4) is 11.3 Å². The predicted molar refractivity (Wildman–Crippen MR) is 93.2 cm³/mol.